The fourth-order valence-corrected chi connectivity index (χ4v) is 5.19. The SMILES string of the molecule is CCCCOC(C=C=O)Oc1ccc(OC(=O)c2ccc(-c3ccc(OCCCCCCCCCCC(OCC)OCC)cc3)cc2)cc1. The maximum absolute atomic E-state index is 12.7. The van der Waals surface area contributed by atoms with Gasteiger partial charge in [0.15, 0.2) is 6.29 Å². The lowest BCUT2D eigenvalue weighted by molar-refractivity contribution is -0.140. The van der Waals surface area contributed by atoms with E-state index in [1.54, 1.807) is 42.3 Å². The Hall–Kier alpha value is -3.94. The third kappa shape index (κ3) is 15.9. The summed E-state index contributed by atoms with van der Waals surface area (Å²) in [5.74, 6) is 2.96. The molecule has 0 aliphatic carbocycles. The predicted octanol–water partition coefficient (Wildman–Crippen LogP) is 9.77. The summed E-state index contributed by atoms with van der Waals surface area (Å²) in [6.45, 7) is 8.67. The van der Waals surface area contributed by atoms with Crippen LogP contribution in [0.25, 0.3) is 11.1 Å². The number of hydrogen-bond donors (Lipinski definition) is 0. The third-order valence-electron chi connectivity index (χ3n) is 7.89. The van der Waals surface area contributed by atoms with Crippen LogP contribution in [0.4, 0.5) is 0 Å². The zero-order chi connectivity index (χ0) is 34.9. The zero-order valence-electron chi connectivity index (χ0n) is 29.5. The van der Waals surface area contributed by atoms with Gasteiger partial charge >= 0.3 is 5.97 Å². The summed E-state index contributed by atoms with van der Waals surface area (Å²) in [5, 5.41) is 0. The Morgan fingerprint density at radius 3 is 1.78 bits per heavy atom. The molecular weight excluding hydrogens is 620 g/mol. The number of carbonyl (C=O) groups is 1. The maximum Gasteiger partial charge on any atom is 0.343 e. The van der Waals surface area contributed by atoms with Crippen molar-refractivity contribution in [2.45, 2.75) is 104 Å². The van der Waals surface area contributed by atoms with Crippen LogP contribution >= 0.6 is 0 Å². The summed E-state index contributed by atoms with van der Waals surface area (Å²) in [4.78, 5) is 23.5. The number of hydrogen-bond acceptors (Lipinski definition) is 8. The summed E-state index contributed by atoms with van der Waals surface area (Å²) in [5.41, 5.74) is 2.47. The van der Waals surface area contributed by atoms with Crippen molar-refractivity contribution in [3.63, 3.8) is 0 Å². The van der Waals surface area contributed by atoms with Gasteiger partial charge < -0.3 is 28.4 Å². The number of benzene rings is 3. The summed E-state index contributed by atoms with van der Waals surface area (Å²) in [7, 11) is 0. The molecule has 0 spiro atoms. The maximum atomic E-state index is 12.7. The predicted molar refractivity (Wildman–Crippen MR) is 193 cm³/mol. The van der Waals surface area contributed by atoms with Gasteiger partial charge in [-0.05, 0) is 99.2 Å². The minimum Gasteiger partial charge on any atom is -0.494 e. The first-order valence-electron chi connectivity index (χ1n) is 17.9. The second-order valence-electron chi connectivity index (χ2n) is 11.8. The summed E-state index contributed by atoms with van der Waals surface area (Å²) >= 11 is 0. The highest BCUT2D eigenvalue weighted by molar-refractivity contribution is 5.91. The average molecular weight is 675 g/mol. The highest BCUT2D eigenvalue weighted by atomic mass is 16.7. The van der Waals surface area contributed by atoms with Crippen molar-refractivity contribution in [1.29, 1.82) is 0 Å². The molecule has 8 nitrogen and oxygen atoms in total. The van der Waals surface area contributed by atoms with Crippen LogP contribution in [-0.4, -0.2) is 50.9 Å². The van der Waals surface area contributed by atoms with E-state index in [9.17, 15) is 9.59 Å². The molecule has 0 aromatic heterocycles. The molecule has 3 aromatic carbocycles. The first-order valence-corrected chi connectivity index (χ1v) is 17.9. The van der Waals surface area contributed by atoms with E-state index in [1.807, 2.05) is 50.2 Å². The van der Waals surface area contributed by atoms with Gasteiger partial charge in [0.05, 0.1) is 24.9 Å². The van der Waals surface area contributed by atoms with Crippen LogP contribution in [0.2, 0.25) is 0 Å². The number of carbonyl (C=O) groups excluding carboxylic acids is 2. The molecule has 3 aromatic rings. The lowest BCUT2D eigenvalue weighted by atomic mass is 10.0. The number of ether oxygens (including phenoxy) is 6. The van der Waals surface area contributed by atoms with E-state index in [2.05, 4.69) is 6.92 Å². The van der Waals surface area contributed by atoms with Gasteiger partial charge in [-0.1, -0.05) is 76.1 Å². The normalized spacial score (nSPS) is 11.6. The van der Waals surface area contributed by atoms with Crippen molar-refractivity contribution in [1.82, 2.24) is 0 Å². The summed E-state index contributed by atoms with van der Waals surface area (Å²) < 4.78 is 33.9. The summed E-state index contributed by atoms with van der Waals surface area (Å²) in [6, 6.07) is 21.9. The smallest absolute Gasteiger partial charge is 0.343 e. The third-order valence-corrected chi connectivity index (χ3v) is 7.89. The number of rotatable bonds is 26. The fourth-order valence-electron chi connectivity index (χ4n) is 5.19. The largest absolute Gasteiger partial charge is 0.494 e. The first-order chi connectivity index (χ1) is 24.1. The van der Waals surface area contributed by atoms with Crippen LogP contribution < -0.4 is 14.2 Å². The van der Waals surface area contributed by atoms with E-state index >= 15 is 0 Å². The van der Waals surface area contributed by atoms with Crippen LogP contribution in [0.5, 0.6) is 17.2 Å². The molecule has 0 amide bonds. The van der Waals surface area contributed by atoms with E-state index in [1.165, 1.54) is 44.6 Å². The molecule has 0 aliphatic heterocycles. The van der Waals surface area contributed by atoms with Crippen molar-refractivity contribution in [2.24, 2.45) is 0 Å². The molecule has 8 heteroatoms. The molecule has 49 heavy (non-hydrogen) atoms. The first kappa shape index (κ1) is 39.5. The highest BCUT2D eigenvalue weighted by Crippen LogP contribution is 2.25. The monoisotopic (exact) mass is 674 g/mol. The lowest BCUT2D eigenvalue weighted by Crippen LogP contribution is -2.18. The minimum atomic E-state index is -0.822. The molecule has 266 valence electrons. The molecule has 0 radical (unpaired) electrons. The minimum absolute atomic E-state index is 0.0414. The van der Waals surface area contributed by atoms with Crippen LogP contribution in [0.3, 0.4) is 0 Å². The Morgan fingerprint density at radius 2 is 1.18 bits per heavy atom. The number of unbranched alkanes of at least 4 members (excludes halogenated alkanes) is 8. The van der Waals surface area contributed by atoms with Gasteiger partial charge in [0.2, 0.25) is 6.29 Å². The van der Waals surface area contributed by atoms with Crippen molar-refractivity contribution in [2.75, 3.05) is 26.4 Å². The fraction of sp³-hybridized carbons (Fsp3) is 0.488. The number of esters is 1. The molecular formula is C41H54O8. The Kier molecular flexibility index (Phi) is 19.5. The van der Waals surface area contributed by atoms with Gasteiger partial charge in [0.25, 0.3) is 0 Å². The van der Waals surface area contributed by atoms with Crippen LogP contribution in [0.15, 0.2) is 78.9 Å². The van der Waals surface area contributed by atoms with E-state index in [-0.39, 0.29) is 6.29 Å². The Morgan fingerprint density at radius 1 is 0.633 bits per heavy atom. The molecule has 1 atom stereocenters. The Balaban J connectivity index is 1.32. The van der Waals surface area contributed by atoms with Gasteiger partial charge in [-0.15, -0.1) is 0 Å². The molecule has 0 aliphatic rings. The van der Waals surface area contributed by atoms with E-state index in [0.29, 0.717) is 43.5 Å². The van der Waals surface area contributed by atoms with E-state index in [4.69, 9.17) is 28.4 Å². The van der Waals surface area contributed by atoms with Gasteiger partial charge in [-0.25, -0.2) is 9.59 Å². The molecule has 0 saturated heterocycles. The van der Waals surface area contributed by atoms with Gasteiger partial charge in [0, 0.05) is 13.2 Å². The molecule has 1 unspecified atom stereocenters. The molecule has 0 saturated carbocycles. The van der Waals surface area contributed by atoms with Crippen molar-refractivity contribution in [3.05, 3.63) is 84.4 Å². The van der Waals surface area contributed by atoms with E-state index in [0.717, 1.165) is 49.0 Å². The van der Waals surface area contributed by atoms with Crippen molar-refractivity contribution < 1.29 is 38.0 Å². The van der Waals surface area contributed by atoms with Gasteiger partial charge in [-0.2, -0.15) is 0 Å². The van der Waals surface area contributed by atoms with Crippen molar-refractivity contribution in [3.8, 4) is 28.4 Å². The lowest BCUT2D eigenvalue weighted by Gasteiger charge is -2.16. The zero-order valence-corrected chi connectivity index (χ0v) is 29.5. The van der Waals surface area contributed by atoms with Gasteiger partial charge in [0.1, 0.15) is 23.2 Å². The second-order valence-corrected chi connectivity index (χ2v) is 11.8. The standard InChI is InChI=1S/C41H54O8/c1-4-7-31-47-40(29-30-42)48-37-25-27-38(28-26-37)49-41(43)35-19-17-33(18-20-35)34-21-23-36(24-22-34)46-32-15-13-11-9-8-10-12-14-16-39(44-5-2)45-6-3/h17-29,39-40H,4-16,31-32H2,1-3H3. The molecule has 0 bridgehead atoms. The molecule has 3 rings (SSSR count). The second kappa shape index (κ2) is 24.2. The average Bonchev–Trinajstić information content (AvgIpc) is 3.12. The Labute approximate surface area is 292 Å². The van der Waals surface area contributed by atoms with Crippen molar-refractivity contribution >= 4 is 11.9 Å². The van der Waals surface area contributed by atoms with E-state index < -0.39 is 12.3 Å². The van der Waals surface area contributed by atoms with Gasteiger partial charge in [-0.3, -0.25) is 0 Å². The molecule has 0 fully saturated rings. The Bertz CT molecular complexity index is 1340. The topological polar surface area (TPSA) is 89.5 Å². The quantitative estimate of drug-likeness (QED) is 0.0273. The van der Waals surface area contributed by atoms with Crippen LogP contribution in [0, 0.1) is 0 Å². The molecule has 0 heterocycles. The van der Waals surface area contributed by atoms with Crippen LogP contribution in [0.1, 0.15) is 102 Å². The highest BCUT2D eigenvalue weighted by Gasteiger charge is 2.12. The van der Waals surface area contributed by atoms with Crippen LogP contribution in [-0.2, 0) is 19.0 Å². The molecule has 0 N–H and O–H groups in total. The summed E-state index contributed by atoms with van der Waals surface area (Å²) in [6.07, 6.45) is 12.8.